The van der Waals surface area contributed by atoms with Gasteiger partial charge >= 0.3 is 0 Å². The van der Waals surface area contributed by atoms with Crippen molar-refractivity contribution in [3.8, 4) is 0 Å². The average molecular weight is 315 g/mol. The third-order valence-electron chi connectivity index (χ3n) is 4.95. The zero-order valence-electron chi connectivity index (χ0n) is 11.6. The highest BCUT2D eigenvalue weighted by Crippen LogP contribution is 2.45. The minimum absolute atomic E-state index is 0.0691. The van der Waals surface area contributed by atoms with Gasteiger partial charge in [0, 0.05) is 30.5 Å². The average Bonchev–Trinajstić information content (AvgIpc) is 2.91. The van der Waals surface area contributed by atoms with Crippen molar-refractivity contribution in [1.82, 2.24) is 9.88 Å². The Kier molecular flexibility index (Phi) is 4.23. The number of aromatic nitrogens is 1. The Bertz CT molecular complexity index is 463. The molecule has 1 aromatic rings. The summed E-state index contributed by atoms with van der Waals surface area (Å²) in [6.07, 6.45) is 7.54. The van der Waals surface area contributed by atoms with Crippen LogP contribution in [0.1, 0.15) is 31.2 Å². The van der Waals surface area contributed by atoms with Crippen molar-refractivity contribution < 1.29 is 5.11 Å². The van der Waals surface area contributed by atoms with Gasteiger partial charge in [0.25, 0.3) is 0 Å². The van der Waals surface area contributed by atoms with E-state index in [0.29, 0.717) is 27.9 Å². The van der Waals surface area contributed by atoms with Gasteiger partial charge in [-0.15, -0.1) is 0 Å². The highest BCUT2D eigenvalue weighted by atomic mass is 35.5. The molecule has 0 bridgehead atoms. The molecular formula is C15H20Cl2N2O. The van der Waals surface area contributed by atoms with Gasteiger partial charge in [-0.25, -0.2) is 0 Å². The number of rotatable bonds is 3. The van der Waals surface area contributed by atoms with Crippen LogP contribution in [-0.2, 0) is 6.54 Å². The number of hydrogen-bond acceptors (Lipinski definition) is 3. The number of fused-ring (bicyclic) bond motifs is 1. The van der Waals surface area contributed by atoms with Crippen molar-refractivity contribution in [2.75, 3.05) is 7.05 Å². The molecule has 2 aliphatic rings. The molecule has 2 unspecified atom stereocenters. The third kappa shape index (κ3) is 2.82. The summed E-state index contributed by atoms with van der Waals surface area (Å²) in [5.41, 5.74) is 0.961. The highest BCUT2D eigenvalue weighted by Gasteiger charge is 2.42. The van der Waals surface area contributed by atoms with E-state index in [1.807, 2.05) is 0 Å². The summed E-state index contributed by atoms with van der Waals surface area (Å²) < 4.78 is 0. The minimum atomic E-state index is -0.0691. The molecule has 0 aromatic carbocycles. The van der Waals surface area contributed by atoms with Crippen molar-refractivity contribution in [3.63, 3.8) is 0 Å². The number of nitrogens with zero attached hydrogens (tertiary/aromatic N) is 2. The Hall–Kier alpha value is -0.350. The lowest BCUT2D eigenvalue weighted by atomic mass is 10.0. The fraction of sp³-hybridized carbons (Fsp3) is 0.667. The zero-order valence-corrected chi connectivity index (χ0v) is 13.1. The molecule has 0 aliphatic heterocycles. The summed E-state index contributed by atoms with van der Waals surface area (Å²) >= 11 is 12.4. The largest absolute Gasteiger partial charge is 0.393 e. The van der Waals surface area contributed by atoms with E-state index in [-0.39, 0.29) is 6.10 Å². The number of halogens is 2. The molecule has 0 radical (unpaired) electrons. The molecule has 1 heterocycles. The van der Waals surface area contributed by atoms with Gasteiger partial charge in [0.15, 0.2) is 0 Å². The van der Waals surface area contributed by atoms with Crippen LogP contribution >= 0.6 is 23.2 Å². The summed E-state index contributed by atoms with van der Waals surface area (Å²) in [7, 11) is 2.13. The normalized spacial score (nSPS) is 32.9. The molecule has 4 atom stereocenters. The Morgan fingerprint density at radius 1 is 1.15 bits per heavy atom. The molecule has 0 saturated heterocycles. The predicted octanol–water partition coefficient (Wildman–Crippen LogP) is 3.37. The number of aliphatic hydroxyl groups excluding tert-OH is 1. The Morgan fingerprint density at radius 3 is 2.25 bits per heavy atom. The van der Waals surface area contributed by atoms with Crippen LogP contribution in [0, 0.1) is 11.8 Å². The van der Waals surface area contributed by atoms with Crippen molar-refractivity contribution >= 4 is 23.2 Å². The van der Waals surface area contributed by atoms with Gasteiger partial charge in [0.2, 0.25) is 0 Å². The maximum Gasteiger partial charge on any atom is 0.0649 e. The van der Waals surface area contributed by atoms with Crippen LogP contribution in [0.5, 0.6) is 0 Å². The van der Waals surface area contributed by atoms with E-state index in [9.17, 15) is 5.11 Å². The first-order chi connectivity index (χ1) is 9.54. The topological polar surface area (TPSA) is 36.4 Å². The lowest BCUT2D eigenvalue weighted by Crippen LogP contribution is -2.30. The quantitative estimate of drug-likeness (QED) is 0.929. The summed E-state index contributed by atoms with van der Waals surface area (Å²) in [5, 5.41) is 11.0. The molecule has 0 amide bonds. The number of aliphatic hydroxyl groups is 1. The minimum Gasteiger partial charge on any atom is -0.393 e. The molecule has 2 aliphatic carbocycles. The monoisotopic (exact) mass is 314 g/mol. The van der Waals surface area contributed by atoms with E-state index < -0.39 is 0 Å². The summed E-state index contributed by atoms with van der Waals surface area (Å²) in [4.78, 5) is 6.34. The molecule has 2 saturated carbocycles. The van der Waals surface area contributed by atoms with E-state index in [1.165, 1.54) is 12.8 Å². The van der Waals surface area contributed by atoms with E-state index >= 15 is 0 Å². The molecule has 110 valence electrons. The third-order valence-corrected chi connectivity index (χ3v) is 5.60. The first-order valence-electron chi connectivity index (χ1n) is 7.20. The molecule has 3 nitrogen and oxygen atoms in total. The van der Waals surface area contributed by atoms with Crippen LogP contribution in [0.15, 0.2) is 12.4 Å². The summed E-state index contributed by atoms with van der Waals surface area (Å²) in [6.45, 7) is 0.757. The summed E-state index contributed by atoms with van der Waals surface area (Å²) in [5.74, 6) is 1.39. The lowest BCUT2D eigenvalue weighted by Gasteiger charge is -2.26. The van der Waals surface area contributed by atoms with E-state index in [0.717, 1.165) is 24.9 Å². The molecular weight excluding hydrogens is 295 g/mol. The summed E-state index contributed by atoms with van der Waals surface area (Å²) in [6, 6.07) is 0.567. The Balaban J connectivity index is 1.65. The van der Waals surface area contributed by atoms with Gasteiger partial charge in [-0.05, 0) is 44.6 Å². The highest BCUT2D eigenvalue weighted by molar-refractivity contribution is 6.35. The van der Waals surface area contributed by atoms with Gasteiger partial charge in [0.1, 0.15) is 0 Å². The molecule has 3 rings (SSSR count). The van der Waals surface area contributed by atoms with Gasteiger partial charge in [-0.1, -0.05) is 23.2 Å². The molecule has 1 N–H and O–H groups in total. The number of pyridine rings is 1. The second kappa shape index (κ2) is 5.80. The fourth-order valence-corrected chi connectivity index (χ4v) is 4.36. The standard InChI is InChI=1S/C15H20Cl2N2O/c1-19(8-13-14(16)6-18-7-15(13)17)11-2-9-4-12(20)5-10(9)3-11/h6-7,9-12,20H,2-5,8H2,1H3/t9-,10+,11?,12?. The van der Waals surface area contributed by atoms with Crippen LogP contribution in [0.2, 0.25) is 10.0 Å². The van der Waals surface area contributed by atoms with Crippen LogP contribution in [0.3, 0.4) is 0 Å². The molecule has 0 spiro atoms. The van der Waals surface area contributed by atoms with Gasteiger partial charge in [0.05, 0.1) is 16.1 Å². The predicted molar refractivity (Wildman–Crippen MR) is 81.0 cm³/mol. The Morgan fingerprint density at radius 2 is 1.70 bits per heavy atom. The van der Waals surface area contributed by atoms with Crippen LogP contribution < -0.4 is 0 Å². The van der Waals surface area contributed by atoms with E-state index in [4.69, 9.17) is 23.2 Å². The van der Waals surface area contributed by atoms with Crippen molar-refractivity contribution in [2.45, 2.75) is 44.4 Å². The second-order valence-electron chi connectivity index (χ2n) is 6.27. The molecule has 1 aromatic heterocycles. The Labute approximate surface area is 129 Å². The number of hydrogen-bond donors (Lipinski definition) is 1. The lowest BCUT2D eigenvalue weighted by molar-refractivity contribution is 0.158. The van der Waals surface area contributed by atoms with Crippen molar-refractivity contribution in [2.24, 2.45) is 11.8 Å². The van der Waals surface area contributed by atoms with Crippen LogP contribution in [0.25, 0.3) is 0 Å². The first-order valence-corrected chi connectivity index (χ1v) is 7.96. The van der Waals surface area contributed by atoms with E-state index in [1.54, 1.807) is 12.4 Å². The second-order valence-corrected chi connectivity index (χ2v) is 7.08. The molecule has 2 fully saturated rings. The van der Waals surface area contributed by atoms with Gasteiger partial charge in [-0.3, -0.25) is 9.88 Å². The van der Waals surface area contributed by atoms with Crippen LogP contribution in [-0.4, -0.2) is 34.2 Å². The first kappa shape index (κ1) is 14.6. The fourth-order valence-electron chi connectivity index (χ4n) is 3.88. The van der Waals surface area contributed by atoms with Crippen LogP contribution in [0.4, 0.5) is 0 Å². The van der Waals surface area contributed by atoms with Gasteiger partial charge in [-0.2, -0.15) is 0 Å². The van der Waals surface area contributed by atoms with Crippen molar-refractivity contribution in [3.05, 3.63) is 28.0 Å². The molecule has 20 heavy (non-hydrogen) atoms. The smallest absolute Gasteiger partial charge is 0.0649 e. The van der Waals surface area contributed by atoms with Crippen molar-refractivity contribution in [1.29, 1.82) is 0 Å². The molecule has 5 heteroatoms. The maximum atomic E-state index is 9.71. The SMILES string of the molecule is CN(Cc1c(Cl)cncc1Cl)C1C[C@H]2CC(O)C[C@H]2C1. The van der Waals surface area contributed by atoms with Gasteiger partial charge < -0.3 is 5.11 Å². The maximum absolute atomic E-state index is 9.71. The van der Waals surface area contributed by atoms with E-state index in [2.05, 4.69) is 16.9 Å². The zero-order chi connectivity index (χ0) is 14.3.